The summed E-state index contributed by atoms with van der Waals surface area (Å²) in [4.78, 5) is 17.4. The molecule has 9 heteroatoms. The molecule has 0 saturated heterocycles. The first kappa shape index (κ1) is 22.6. The summed E-state index contributed by atoms with van der Waals surface area (Å²) >= 11 is 4.03. The van der Waals surface area contributed by atoms with Gasteiger partial charge in [0.25, 0.3) is 0 Å². The molecular formula is C10H25O5PS3. The molecule has 1 N–H and O–H groups in total. The lowest BCUT2D eigenvalue weighted by Gasteiger charge is -2.05. The van der Waals surface area contributed by atoms with Gasteiger partial charge in [-0.15, -0.1) is 0 Å². The van der Waals surface area contributed by atoms with Crippen LogP contribution < -0.4 is 0 Å². The van der Waals surface area contributed by atoms with E-state index in [1.165, 1.54) is 31.4 Å². The zero-order valence-corrected chi connectivity index (χ0v) is 15.2. The fraction of sp³-hybridized carbons (Fsp3) is 1.00. The van der Waals surface area contributed by atoms with E-state index in [9.17, 15) is 0 Å². The fourth-order valence-corrected chi connectivity index (χ4v) is 2.89. The Labute approximate surface area is 130 Å². The topological polar surface area (TPSA) is 57.2 Å². The monoisotopic (exact) mass is 352 g/mol. The van der Waals surface area contributed by atoms with Crippen LogP contribution in [0, 0.1) is 0 Å². The molecule has 0 heterocycles. The minimum atomic E-state index is -2.04. The SMILES string of the molecule is CCCCCCSSS.CCOOP(O)OOCC. The highest BCUT2D eigenvalue weighted by Crippen LogP contribution is 2.32. The van der Waals surface area contributed by atoms with Crippen LogP contribution in [0.2, 0.25) is 0 Å². The van der Waals surface area contributed by atoms with Gasteiger partial charge >= 0.3 is 8.60 Å². The van der Waals surface area contributed by atoms with Gasteiger partial charge in [-0.3, -0.25) is 0 Å². The fourth-order valence-electron chi connectivity index (χ4n) is 0.833. The molecule has 0 spiro atoms. The van der Waals surface area contributed by atoms with Gasteiger partial charge in [-0.05, 0) is 30.1 Å². The summed E-state index contributed by atoms with van der Waals surface area (Å²) in [5, 5.41) is 0. The summed E-state index contributed by atoms with van der Waals surface area (Å²) < 4.78 is 8.53. The van der Waals surface area contributed by atoms with E-state index in [4.69, 9.17) is 4.89 Å². The van der Waals surface area contributed by atoms with Crippen LogP contribution in [0.5, 0.6) is 0 Å². The van der Waals surface area contributed by atoms with E-state index in [0.717, 1.165) is 0 Å². The van der Waals surface area contributed by atoms with Crippen molar-refractivity contribution < 1.29 is 24.0 Å². The molecule has 0 aromatic heterocycles. The summed E-state index contributed by atoms with van der Waals surface area (Å²) in [7, 11) is 1.37. The molecule has 0 bridgehead atoms. The van der Waals surface area contributed by atoms with Crippen molar-refractivity contribution in [1.29, 1.82) is 0 Å². The molecule has 0 saturated carbocycles. The molecule has 0 unspecified atom stereocenters. The number of hydrogen-bond donors (Lipinski definition) is 2. The highest BCUT2D eigenvalue weighted by molar-refractivity contribution is 9.05. The average Bonchev–Trinajstić information content (AvgIpc) is 2.43. The van der Waals surface area contributed by atoms with Gasteiger partial charge in [-0.1, -0.05) is 48.6 Å². The summed E-state index contributed by atoms with van der Waals surface area (Å²) in [6.07, 6.45) is 5.46. The molecule has 0 radical (unpaired) electrons. The second-order valence-electron chi connectivity index (χ2n) is 3.16. The molecule has 0 aliphatic carbocycles. The molecule has 0 amide bonds. The van der Waals surface area contributed by atoms with Crippen LogP contribution in [-0.4, -0.2) is 23.9 Å². The van der Waals surface area contributed by atoms with Gasteiger partial charge in [0.05, 0.1) is 13.2 Å². The quantitative estimate of drug-likeness (QED) is 0.129. The molecular weight excluding hydrogens is 327 g/mol. The first-order valence-corrected chi connectivity index (χ1v) is 10.7. The number of rotatable bonds is 12. The van der Waals surface area contributed by atoms with Crippen molar-refractivity contribution in [1.82, 2.24) is 0 Å². The van der Waals surface area contributed by atoms with Crippen LogP contribution in [0.25, 0.3) is 0 Å². The standard InChI is InChI=1S/C6H14S3.C4H11O5P/c1-2-3-4-5-6-8-9-7;1-3-6-8-10(5)9-7-4-2/h7H,2-6H2,1H3;5H,3-4H2,1-2H3. The third-order valence-corrected chi connectivity index (χ3v) is 4.39. The van der Waals surface area contributed by atoms with Crippen LogP contribution in [0.3, 0.4) is 0 Å². The molecule has 0 fully saturated rings. The van der Waals surface area contributed by atoms with Gasteiger partial charge in [0.15, 0.2) is 0 Å². The zero-order chi connectivity index (χ0) is 14.8. The Morgan fingerprint density at radius 3 is 2.00 bits per heavy atom. The predicted octanol–water partition coefficient (Wildman–Crippen LogP) is 4.93. The Hall–Kier alpha value is 1.28. The minimum Gasteiger partial charge on any atom is -0.325 e. The molecule has 0 aliphatic heterocycles. The van der Waals surface area contributed by atoms with Crippen LogP contribution >= 0.6 is 40.9 Å². The van der Waals surface area contributed by atoms with Gasteiger partial charge < -0.3 is 4.89 Å². The second-order valence-corrected chi connectivity index (χ2v) is 7.22. The Kier molecular flexibility index (Phi) is 25.6. The van der Waals surface area contributed by atoms with Crippen molar-refractivity contribution >= 4 is 40.9 Å². The van der Waals surface area contributed by atoms with E-state index < -0.39 is 8.60 Å². The maximum Gasteiger partial charge on any atom is 0.389 e. The van der Waals surface area contributed by atoms with E-state index >= 15 is 0 Å². The second kappa shape index (κ2) is 21.6. The lowest BCUT2D eigenvalue weighted by molar-refractivity contribution is -0.263. The van der Waals surface area contributed by atoms with Crippen molar-refractivity contribution in [3.63, 3.8) is 0 Å². The predicted molar refractivity (Wildman–Crippen MR) is 87.7 cm³/mol. The Bertz CT molecular complexity index is 145. The smallest absolute Gasteiger partial charge is 0.325 e. The van der Waals surface area contributed by atoms with E-state index in [2.05, 4.69) is 37.7 Å². The number of unbranched alkanes of at least 4 members (excludes halogenated alkanes) is 3. The van der Waals surface area contributed by atoms with Gasteiger partial charge in [-0.2, -0.15) is 9.35 Å². The van der Waals surface area contributed by atoms with Gasteiger partial charge in [-0.25, -0.2) is 9.78 Å². The highest BCUT2D eigenvalue weighted by atomic mass is 33.5. The van der Waals surface area contributed by atoms with Gasteiger partial charge in [0.2, 0.25) is 0 Å². The van der Waals surface area contributed by atoms with Crippen molar-refractivity contribution in [2.45, 2.75) is 46.5 Å². The molecule has 118 valence electrons. The molecule has 0 aromatic carbocycles. The van der Waals surface area contributed by atoms with E-state index in [1.807, 2.05) is 10.8 Å². The first-order chi connectivity index (χ1) is 9.22. The molecule has 0 aliphatic rings. The molecule has 0 atom stereocenters. The lowest BCUT2D eigenvalue weighted by Crippen LogP contribution is -1.93. The van der Waals surface area contributed by atoms with E-state index in [1.54, 1.807) is 23.7 Å². The summed E-state index contributed by atoms with van der Waals surface area (Å²) in [5.74, 6) is 1.26. The van der Waals surface area contributed by atoms with Crippen LogP contribution in [-0.2, 0) is 19.1 Å². The normalized spacial score (nSPS) is 10.4. The third kappa shape index (κ3) is 24.7. The zero-order valence-electron chi connectivity index (χ0n) is 11.7. The summed E-state index contributed by atoms with van der Waals surface area (Å²) in [6, 6.07) is 0. The largest absolute Gasteiger partial charge is 0.389 e. The van der Waals surface area contributed by atoms with Crippen molar-refractivity contribution in [2.24, 2.45) is 0 Å². The molecule has 19 heavy (non-hydrogen) atoms. The lowest BCUT2D eigenvalue weighted by atomic mass is 10.2. The average molecular weight is 352 g/mol. The van der Waals surface area contributed by atoms with E-state index in [0.29, 0.717) is 13.2 Å². The molecule has 0 aromatic rings. The highest BCUT2D eigenvalue weighted by Gasteiger charge is 2.07. The Morgan fingerprint density at radius 1 is 1.00 bits per heavy atom. The van der Waals surface area contributed by atoms with Crippen molar-refractivity contribution in [3.8, 4) is 0 Å². The Balaban J connectivity index is 0. The van der Waals surface area contributed by atoms with Crippen LogP contribution in [0.1, 0.15) is 46.5 Å². The molecule has 5 nitrogen and oxygen atoms in total. The van der Waals surface area contributed by atoms with Gasteiger partial charge in [0.1, 0.15) is 0 Å². The van der Waals surface area contributed by atoms with Crippen LogP contribution in [0.15, 0.2) is 0 Å². The number of thiol groups is 1. The maximum atomic E-state index is 8.68. The minimum absolute atomic E-state index is 0.356. The van der Waals surface area contributed by atoms with Crippen molar-refractivity contribution in [3.05, 3.63) is 0 Å². The van der Waals surface area contributed by atoms with Gasteiger partial charge in [0, 0.05) is 5.75 Å². The first-order valence-electron chi connectivity index (χ1n) is 6.24. The third-order valence-electron chi connectivity index (χ3n) is 1.60. The summed E-state index contributed by atoms with van der Waals surface area (Å²) in [6.45, 7) is 6.40. The molecule has 0 rings (SSSR count). The Morgan fingerprint density at radius 2 is 1.58 bits per heavy atom. The van der Waals surface area contributed by atoms with Crippen molar-refractivity contribution in [2.75, 3.05) is 19.0 Å². The van der Waals surface area contributed by atoms with Crippen LogP contribution in [0.4, 0.5) is 0 Å². The number of hydrogen-bond acceptors (Lipinski definition) is 8. The maximum absolute atomic E-state index is 8.68. The summed E-state index contributed by atoms with van der Waals surface area (Å²) in [5.41, 5.74) is 0. The van der Waals surface area contributed by atoms with E-state index in [-0.39, 0.29) is 0 Å².